The molecule has 27 heavy (non-hydrogen) atoms. The first-order valence-corrected chi connectivity index (χ1v) is 9.06. The summed E-state index contributed by atoms with van der Waals surface area (Å²) in [7, 11) is -3.36. The summed E-state index contributed by atoms with van der Waals surface area (Å²) in [6.07, 6.45) is -2.87. The lowest BCUT2D eigenvalue weighted by atomic mass is 10.3. The molecule has 1 atom stereocenters. The monoisotopic (exact) mass is 428 g/mol. The molecule has 0 fully saturated rings. The van der Waals surface area contributed by atoms with Crippen molar-refractivity contribution in [2.75, 3.05) is 5.32 Å². The first-order valence-electron chi connectivity index (χ1n) is 7.19. The van der Waals surface area contributed by atoms with Gasteiger partial charge in [0.25, 0.3) is 5.91 Å². The van der Waals surface area contributed by atoms with Gasteiger partial charge in [-0.1, -0.05) is 11.6 Å². The molecule has 2 aromatic heterocycles. The van der Waals surface area contributed by atoms with Crippen molar-refractivity contribution in [1.82, 2.24) is 14.3 Å². The number of nitrogens with zero attached hydrogens (tertiary/aromatic N) is 2. The van der Waals surface area contributed by atoms with Crippen molar-refractivity contribution in [2.24, 2.45) is 7.05 Å². The van der Waals surface area contributed by atoms with Crippen molar-refractivity contribution in [2.45, 2.75) is 24.0 Å². The third-order valence-electron chi connectivity index (χ3n) is 3.40. The SMILES string of the molecule is C[C@@H](NS(=O)(=O)c1cn(C)c(C(=O)Nc2ccc(F)nc2)c1Cl)C(F)(F)F. The zero-order valence-corrected chi connectivity index (χ0v) is 15.4. The van der Waals surface area contributed by atoms with Crippen molar-refractivity contribution in [1.29, 1.82) is 0 Å². The molecule has 0 aliphatic carbocycles. The first-order chi connectivity index (χ1) is 12.3. The van der Waals surface area contributed by atoms with Gasteiger partial charge in [-0.05, 0) is 19.1 Å². The van der Waals surface area contributed by atoms with E-state index in [1.54, 1.807) is 0 Å². The van der Waals surface area contributed by atoms with Gasteiger partial charge in [0.05, 0.1) is 16.9 Å². The van der Waals surface area contributed by atoms with Crippen LogP contribution < -0.4 is 10.0 Å². The lowest BCUT2D eigenvalue weighted by molar-refractivity contribution is -0.147. The average Bonchev–Trinajstić information content (AvgIpc) is 2.84. The molecule has 0 unspecified atom stereocenters. The van der Waals surface area contributed by atoms with E-state index in [4.69, 9.17) is 11.6 Å². The molecule has 13 heteroatoms. The molecule has 2 aromatic rings. The molecule has 0 aliphatic heterocycles. The Kier molecular flexibility index (Phi) is 5.82. The lowest BCUT2D eigenvalue weighted by Crippen LogP contribution is -2.42. The molecule has 0 aliphatic rings. The number of carbonyl (C=O) groups excluding carboxylic acids is 1. The molecule has 2 N–H and O–H groups in total. The number of anilines is 1. The predicted octanol–water partition coefficient (Wildman–Crippen LogP) is 2.69. The highest BCUT2D eigenvalue weighted by atomic mass is 35.5. The van der Waals surface area contributed by atoms with Crippen LogP contribution in [0.5, 0.6) is 0 Å². The summed E-state index contributed by atoms with van der Waals surface area (Å²) in [6.45, 7) is 0.629. The maximum absolute atomic E-state index is 12.8. The van der Waals surface area contributed by atoms with Crippen molar-refractivity contribution >= 4 is 33.2 Å². The number of rotatable bonds is 5. The molecule has 0 bridgehead atoms. The van der Waals surface area contributed by atoms with Crippen LogP contribution in [0.15, 0.2) is 29.4 Å². The standard InChI is InChI=1S/C14H13ClF4N4O3S/c1-7(14(17,18)19)22-27(25,26)9-6-23(2)12(11(9)15)13(24)21-8-3-4-10(16)20-5-8/h3-7,22H,1-2H3,(H,21,24)/t7-/m1/s1. The number of pyridine rings is 1. The number of alkyl halides is 3. The van der Waals surface area contributed by atoms with E-state index in [1.165, 1.54) is 17.8 Å². The van der Waals surface area contributed by atoms with Gasteiger partial charge < -0.3 is 9.88 Å². The van der Waals surface area contributed by atoms with Crippen LogP contribution in [0.25, 0.3) is 0 Å². The maximum Gasteiger partial charge on any atom is 0.404 e. The van der Waals surface area contributed by atoms with E-state index in [-0.39, 0.29) is 11.4 Å². The Morgan fingerprint density at radius 3 is 2.48 bits per heavy atom. The van der Waals surface area contributed by atoms with Crippen LogP contribution in [0.4, 0.5) is 23.2 Å². The fraction of sp³-hybridized carbons (Fsp3) is 0.286. The van der Waals surface area contributed by atoms with Crippen molar-refractivity contribution in [3.63, 3.8) is 0 Å². The van der Waals surface area contributed by atoms with E-state index in [1.807, 2.05) is 0 Å². The largest absolute Gasteiger partial charge is 0.404 e. The van der Waals surface area contributed by atoms with Crippen LogP contribution >= 0.6 is 11.6 Å². The van der Waals surface area contributed by atoms with E-state index in [9.17, 15) is 30.8 Å². The van der Waals surface area contributed by atoms with E-state index in [2.05, 4.69) is 10.3 Å². The number of carbonyl (C=O) groups is 1. The summed E-state index contributed by atoms with van der Waals surface area (Å²) >= 11 is 5.94. The summed E-state index contributed by atoms with van der Waals surface area (Å²) in [4.78, 5) is 15.0. The van der Waals surface area contributed by atoms with Gasteiger partial charge in [0, 0.05) is 13.2 Å². The van der Waals surface area contributed by atoms with E-state index in [0.29, 0.717) is 6.92 Å². The van der Waals surface area contributed by atoms with Crippen LogP contribution in [0.1, 0.15) is 17.4 Å². The topological polar surface area (TPSA) is 93.1 Å². The molecule has 0 aromatic carbocycles. The van der Waals surface area contributed by atoms with Gasteiger partial charge in [-0.25, -0.2) is 13.4 Å². The molecular weight excluding hydrogens is 416 g/mol. The fourth-order valence-electron chi connectivity index (χ4n) is 2.02. The number of aromatic nitrogens is 2. The summed E-state index contributed by atoms with van der Waals surface area (Å²) in [5.41, 5.74) is -0.215. The van der Waals surface area contributed by atoms with Gasteiger partial charge in [-0.2, -0.15) is 22.3 Å². The molecule has 0 radical (unpaired) electrons. The van der Waals surface area contributed by atoms with Gasteiger partial charge in [0.15, 0.2) is 0 Å². The quantitative estimate of drug-likeness (QED) is 0.565. The molecule has 0 saturated carbocycles. The van der Waals surface area contributed by atoms with Crippen LogP contribution in [0, 0.1) is 5.95 Å². The smallest absolute Gasteiger partial charge is 0.344 e. The number of halogens is 5. The summed E-state index contributed by atoms with van der Waals surface area (Å²) in [5.74, 6) is -1.63. The summed E-state index contributed by atoms with van der Waals surface area (Å²) in [6, 6.07) is -0.164. The Hall–Kier alpha value is -2.18. The molecule has 0 saturated heterocycles. The highest BCUT2D eigenvalue weighted by Gasteiger charge is 2.40. The van der Waals surface area contributed by atoms with Crippen molar-refractivity contribution in [3.05, 3.63) is 41.2 Å². The van der Waals surface area contributed by atoms with Crippen LogP contribution in [0.3, 0.4) is 0 Å². The second-order valence-corrected chi connectivity index (χ2v) is 7.54. The predicted molar refractivity (Wildman–Crippen MR) is 88.4 cm³/mol. The Morgan fingerprint density at radius 2 is 1.96 bits per heavy atom. The van der Waals surface area contributed by atoms with Crippen LogP contribution in [0.2, 0.25) is 5.02 Å². The van der Waals surface area contributed by atoms with Gasteiger partial charge in [-0.3, -0.25) is 4.79 Å². The number of sulfonamides is 1. The van der Waals surface area contributed by atoms with Gasteiger partial charge >= 0.3 is 6.18 Å². The molecule has 2 heterocycles. The molecular formula is C14H13ClF4N4O3S. The molecule has 2 rings (SSSR count). The third kappa shape index (κ3) is 4.76. The van der Waals surface area contributed by atoms with Crippen LogP contribution in [-0.4, -0.2) is 36.1 Å². The second-order valence-electron chi connectivity index (χ2n) is 5.48. The van der Waals surface area contributed by atoms with Crippen molar-refractivity contribution in [3.8, 4) is 0 Å². The number of hydrogen-bond donors (Lipinski definition) is 2. The fourth-order valence-corrected chi connectivity index (χ4v) is 3.95. The summed E-state index contributed by atoms with van der Waals surface area (Å²) in [5, 5.41) is 1.77. The zero-order chi connectivity index (χ0) is 20.6. The Balaban J connectivity index is 2.32. The van der Waals surface area contributed by atoms with Gasteiger partial charge in [-0.15, -0.1) is 0 Å². The van der Waals surface area contributed by atoms with E-state index < -0.39 is 44.0 Å². The Labute approximate surface area is 156 Å². The minimum atomic E-state index is -4.80. The molecule has 1 amide bonds. The van der Waals surface area contributed by atoms with Crippen LogP contribution in [-0.2, 0) is 17.1 Å². The number of nitrogens with one attached hydrogen (secondary N) is 2. The van der Waals surface area contributed by atoms with Crippen molar-refractivity contribution < 1.29 is 30.8 Å². The number of hydrogen-bond acceptors (Lipinski definition) is 4. The minimum Gasteiger partial charge on any atom is -0.344 e. The number of aryl methyl sites for hydroxylation is 1. The average molecular weight is 429 g/mol. The number of amides is 1. The highest BCUT2D eigenvalue weighted by Crippen LogP contribution is 2.29. The van der Waals surface area contributed by atoms with Gasteiger partial charge in [0.2, 0.25) is 16.0 Å². The van der Waals surface area contributed by atoms with E-state index >= 15 is 0 Å². The lowest BCUT2D eigenvalue weighted by Gasteiger charge is -2.16. The Morgan fingerprint density at radius 1 is 1.33 bits per heavy atom. The third-order valence-corrected chi connectivity index (χ3v) is 5.45. The molecule has 7 nitrogen and oxygen atoms in total. The maximum atomic E-state index is 12.8. The van der Waals surface area contributed by atoms with E-state index in [0.717, 1.165) is 23.0 Å². The summed E-state index contributed by atoms with van der Waals surface area (Å²) < 4.78 is 77.5. The normalized spacial score (nSPS) is 13.4. The molecule has 148 valence electrons. The highest BCUT2D eigenvalue weighted by molar-refractivity contribution is 7.89. The zero-order valence-electron chi connectivity index (χ0n) is 13.8. The molecule has 0 spiro atoms. The Bertz CT molecular complexity index is 958. The van der Waals surface area contributed by atoms with Gasteiger partial charge in [0.1, 0.15) is 16.6 Å². The first kappa shape index (κ1) is 21.1. The second kappa shape index (κ2) is 7.44. The minimum absolute atomic E-state index is 0.104.